The van der Waals surface area contributed by atoms with Crippen molar-refractivity contribution in [2.45, 2.75) is 93.9 Å². The molecule has 18 heavy (non-hydrogen) atoms. The van der Waals surface area contributed by atoms with Gasteiger partial charge in [0.1, 0.15) is 0 Å². The summed E-state index contributed by atoms with van der Waals surface area (Å²) in [6.07, 6.45) is 11.7. The number of allylic oxidation sites excluding steroid dienone is 3. The van der Waals surface area contributed by atoms with Gasteiger partial charge in [-0.05, 0) is 26.2 Å². The number of unbranched alkanes of at least 4 members (excludes halogenated alkanes) is 1. The Labute approximate surface area is 119 Å². The zero-order chi connectivity index (χ0) is 15.2. The van der Waals surface area contributed by atoms with E-state index < -0.39 is 0 Å². The summed E-state index contributed by atoms with van der Waals surface area (Å²) in [7, 11) is 0. The van der Waals surface area contributed by atoms with Gasteiger partial charge in [-0.25, -0.2) is 0 Å². The van der Waals surface area contributed by atoms with E-state index in [1.54, 1.807) is 5.57 Å². The molecule has 0 aromatic carbocycles. The normalized spacial score (nSPS) is 10.1. The third-order valence-corrected chi connectivity index (χ3v) is 1.52. The van der Waals surface area contributed by atoms with E-state index in [4.69, 9.17) is 0 Å². The van der Waals surface area contributed by atoms with Gasteiger partial charge in [0, 0.05) is 0 Å². The lowest BCUT2D eigenvalue weighted by Gasteiger charge is -2.05. The minimum atomic E-state index is 1.15. The molecular weight excluding hydrogens is 216 g/mol. The van der Waals surface area contributed by atoms with Gasteiger partial charge >= 0.3 is 0 Å². The largest absolute Gasteiger partial charge is 0.103 e. The summed E-state index contributed by atoms with van der Waals surface area (Å²) in [6, 6.07) is 0. The zero-order valence-electron chi connectivity index (χ0n) is 14.6. The Morgan fingerprint density at radius 3 is 1.33 bits per heavy atom. The molecule has 0 bridgehead atoms. The highest BCUT2D eigenvalue weighted by Gasteiger charge is 1.94. The van der Waals surface area contributed by atoms with Crippen molar-refractivity contribution in [2.24, 2.45) is 0 Å². The molecule has 0 aromatic rings. The highest BCUT2D eigenvalue weighted by molar-refractivity contribution is 5.07. The molecule has 0 aromatic heterocycles. The molecule has 0 radical (unpaired) electrons. The van der Waals surface area contributed by atoms with Crippen LogP contribution in [0.3, 0.4) is 0 Å². The van der Waals surface area contributed by atoms with Gasteiger partial charge in [-0.15, -0.1) is 6.58 Å². The quantitative estimate of drug-likeness (QED) is 0.447. The van der Waals surface area contributed by atoms with Crippen molar-refractivity contribution >= 4 is 0 Å². The fraction of sp³-hybridized carbons (Fsp3) is 0.778. The standard InChI is InChI=1S/C5H8.C5H10.2C3H8.C2H6/c1-5-3-2-4-5;1-3-5-4-2;2*1-3-2;1-2/h3H,2,4H2,1H3;3H,1,4-5H2,2H3;2*3H2,1-2H3;1-2H3. The molecule has 0 aliphatic heterocycles. The highest BCUT2D eigenvalue weighted by atomic mass is 14.0. The molecule has 0 saturated carbocycles. The maximum absolute atomic E-state index is 3.55. The smallest absolute Gasteiger partial charge is 0.0288 e. The molecular formula is C18H40. The van der Waals surface area contributed by atoms with Crippen molar-refractivity contribution in [3.8, 4) is 0 Å². The maximum Gasteiger partial charge on any atom is -0.0288 e. The van der Waals surface area contributed by atoms with Crippen LogP contribution in [0.15, 0.2) is 24.3 Å². The first kappa shape index (κ1) is 26.1. The zero-order valence-corrected chi connectivity index (χ0v) is 14.6. The van der Waals surface area contributed by atoms with Gasteiger partial charge in [0.15, 0.2) is 0 Å². The molecule has 1 aliphatic carbocycles. The van der Waals surface area contributed by atoms with Gasteiger partial charge < -0.3 is 0 Å². The van der Waals surface area contributed by atoms with Crippen molar-refractivity contribution in [3.63, 3.8) is 0 Å². The predicted molar refractivity (Wildman–Crippen MR) is 91.4 cm³/mol. The minimum Gasteiger partial charge on any atom is -0.103 e. The van der Waals surface area contributed by atoms with Gasteiger partial charge in [-0.2, -0.15) is 0 Å². The van der Waals surface area contributed by atoms with E-state index in [9.17, 15) is 0 Å². The Balaban J connectivity index is -0.0000000715. The summed E-state index contributed by atoms with van der Waals surface area (Å²) in [4.78, 5) is 0. The molecule has 0 heteroatoms. The molecule has 0 N–H and O–H groups in total. The molecule has 0 nitrogen and oxygen atoms in total. The van der Waals surface area contributed by atoms with Crippen molar-refractivity contribution in [2.75, 3.05) is 0 Å². The van der Waals surface area contributed by atoms with E-state index in [2.05, 4.69) is 54.2 Å². The SMILES string of the molecule is C=CCCC.CC.CC1=CCC1.CCC.CCC. The molecule has 0 amide bonds. The summed E-state index contributed by atoms with van der Waals surface area (Å²) in [5.41, 5.74) is 1.56. The Bertz CT molecular complexity index is 129. The fourth-order valence-corrected chi connectivity index (χ4v) is 0.637. The van der Waals surface area contributed by atoms with E-state index in [0.717, 1.165) is 6.42 Å². The average Bonchev–Trinajstić information content (AvgIpc) is 2.33. The topological polar surface area (TPSA) is 0 Å². The Hall–Kier alpha value is -0.520. The van der Waals surface area contributed by atoms with Crippen LogP contribution in [0.2, 0.25) is 0 Å². The van der Waals surface area contributed by atoms with Gasteiger partial charge in [-0.1, -0.05) is 85.5 Å². The lowest BCUT2D eigenvalue weighted by Crippen LogP contribution is -1.84. The minimum absolute atomic E-state index is 1.15. The van der Waals surface area contributed by atoms with Crippen molar-refractivity contribution in [3.05, 3.63) is 24.3 Å². The molecule has 0 saturated heterocycles. The molecule has 0 fully saturated rings. The predicted octanol–water partition coefficient (Wildman–Crippen LogP) is 7.56. The second kappa shape index (κ2) is 36.0. The first-order valence-electron chi connectivity index (χ1n) is 7.90. The van der Waals surface area contributed by atoms with Crippen LogP contribution in [0.4, 0.5) is 0 Å². The molecule has 0 heterocycles. The Morgan fingerprint density at radius 2 is 1.33 bits per heavy atom. The van der Waals surface area contributed by atoms with Crippen LogP contribution in [0.5, 0.6) is 0 Å². The van der Waals surface area contributed by atoms with Crippen LogP contribution in [0.25, 0.3) is 0 Å². The Kier molecular flexibility index (Phi) is 52.2. The lowest BCUT2D eigenvalue weighted by molar-refractivity contribution is 0.875. The van der Waals surface area contributed by atoms with Crippen LogP contribution in [0.1, 0.15) is 93.9 Å². The highest BCUT2D eigenvalue weighted by Crippen LogP contribution is 2.14. The lowest BCUT2D eigenvalue weighted by atomic mass is 10.0. The summed E-state index contributed by atoms with van der Waals surface area (Å²) >= 11 is 0. The van der Waals surface area contributed by atoms with Crippen LogP contribution in [0, 0.1) is 0 Å². The van der Waals surface area contributed by atoms with Gasteiger partial charge in [-0.3, -0.25) is 0 Å². The molecule has 112 valence electrons. The van der Waals surface area contributed by atoms with Crippen LogP contribution >= 0.6 is 0 Å². The second-order valence-electron chi connectivity index (χ2n) is 4.08. The summed E-state index contributed by atoms with van der Waals surface area (Å²) in [6.45, 7) is 20.4. The number of rotatable bonds is 2. The van der Waals surface area contributed by atoms with E-state index in [0.29, 0.717) is 0 Å². The van der Waals surface area contributed by atoms with E-state index >= 15 is 0 Å². The van der Waals surface area contributed by atoms with E-state index in [1.165, 1.54) is 32.1 Å². The van der Waals surface area contributed by atoms with Crippen LogP contribution in [-0.2, 0) is 0 Å². The first-order chi connectivity index (χ1) is 8.64. The third-order valence-electron chi connectivity index (χ3n) is 1.52. The molecule has 0 atom stereocenters. The van der Waals surface area contributed by atoms with Gasteiger partial charge in [0.25, 0.3) is 0 Å². The maximum atomic E-state index is 3.55. The van der Waals surface area contributed by atoms with E-state index in [1.807, 2.05) is 19.9 Å². The van der Waals surface area contributed by atoms with Gasteiger partial charge in [0.05, 0.1) is 0 Å². The first-order valence-corrected chi connectivity index (χ1v) is 7.90. The molecule has 1 rings (SSSR count). The summed E-state index contributed by atoms with van der Waals surface area (Å²) in [5, 5.41) is 0. The number of hydrogen-bond donors (Lipinski definition) is 0. The summed E-state index contributed by atoms with van der Waals surface area (Å²) in [5.74, 6) is 0. The molecule has 0 spiro atoms. The van der Waals surface area contributed by atoms with Crippen molar-refractivity contribution in [1.82, 2.24) is 0 Å². The van der Waals surface area contributed by atoms with Crippen molar-refractivity contribution in [1.29, 1.82) is 0 Å². The third kappa shape index (κ3) is 58.0. The van der Waals surface area contributed by atoms with Crippen molar-refractivity contribution < 1.29 is 0 Å². The Morgan fingerprint density at radius 1 is 1.06 bits per heavy atom. The van der Waals surface area contributed by atoms with Gasteiger partial charge in [0.2, 0.25) is 0 Å². The molecule has 1 aliphatic rings. The monoisotopic (exact) mass is 256 g/mol. The van der Waals surface area contributed by atoms with Crippen LogP contribution < -0.4 is 0 Å². The van der Waals surface area contributed by atoms with E-state index in [-0.39, 0.29) is 0 Å². The number of hydrogen-bond acceptors (Lipinski definition) is 0. The van der Waals surface area contributed by atoms with Crippen LogP contribution in [-0.4, -0.2) is 0 Å². The molecule has 0 unspecified atom stereocenters. The average molecular weight is 257 g/mol. The summed E-state index contributed by atoms with van der Waals surface area (Å²) < 4.78 is 0. The fourth-order valence-electron chi connectivity index (χ4n) is 0.637. The second-order valence-corrected chi connectivity index (χ2v) is 4.08.